The van der Waals surface area contributed by atoms with Crippen molar-refractivity contribution in [2.24, 2.45) is 0 Å². The zero-order valence-corrected chi connectivity index (χ0v) is 18.7. The normalized spacial score (nSPS) is 16.7. The summed E-state index contributed by atoms with van der Waals surface area (Å²) in [5, 5.41) is 0. The van der Waals surface area contributed by atoms with Crippen LogP contribution in [0.2, 0.25) is 0 Å². The molecule has 0 bridgehead atoms. The fourth-order valence-electron chi connectivity index (χ4n) is 4.36. The molecule has 2 amide bonds. The van der Waals surface area contributed by atoms with Gasteiger partial charge >= 0.3 is 0 Å². The lowest BCUT2D eigenvalue weighted by Gasteiger charge is -2.36. The van der Waals surface area contributed by atoms with E-state index in [0.29, 0.717) is 49.1 Å². The van der Waals surface area contributed by atoms with Crippen LogP contribution in [0, 0.1) is 13.8 Å². The van der Waals surface area contributed by atoms with E-state index in [1.807, 2.05) is 67.3 Å². The molecule has 0 N–H and O–H groups in total. The van der Waals surface area contributed by atoms with Gasteiger partial charge in [-0.3, -0.25) is 9.59 Å². The molecule has 33 heavy (non-hydrogen) atoms. The monoisotopic (exact) mass is 439 g/mol. The molecule has 3 heterocycles. The van der Waals surface area contributed by atoms with Crippen molar-refractivity contribution in [3.8, 4) is 0 Å². The number of hydrogen-bond acceptors (Lipinski definition) is 6. The Morgan fingerprint density at radius 1 is 0.727 bits per heavy atom. The Kier molecular flexibility index (Phi) is 5.38. The SMILES string of the molecule is Cc1ccc(N2C(=O)C(c3ccccc3)=C(N3CCN(c4ncccn4)CC3)C2=O)cc1C. The molecule has 1 fully saturated rings. The molecule has 0 saturated carbocycles. The van der Waals surface area contributed by atoms with Gasteiger partial charge in [-0.2, -0.15) is 0 Å². The first-order valence-corrected chi connectivity index (χ1v) is 11.1. The van der Waals surface area contributed by atoms with Crippen LogP contribution in [0.15, 0.2) is 72.7 Å². The molecule has 7 nitrogen and oxygen atoms in total. The third-order valence-corrected chi connectivity index (χ3v) is 6.30. The summed E-state index contributed by atoms with van der Waals surface area (Å²) in [7, 11) is 0. The second-order valence-corrected chi connectivity index (χ2v) is 8.33. The minimum Gasteiger partial charge on any atom is -0.363 e. The van der Waals surface area contributed by atoms with Crippen LogP contribution in [0.4, 0.5) is 11.6 Å². The van der Waals surface area contributed by atoms with Crippen molar-refractivity contribution in [1.29, 1.82) is 0 Å². The van der Waals surface area contributed by atoms with Crippen molar-refractivity contribution in [1.82, 2.24) is 14.9 Å². The van der Waals surface area contributed by atoms with Gasteiger partial charge in [0.1, 0.15) is 5.70 Å². The van der Waals surface area contributed by atoms with Crippen LogP contribution in [0.25, 0.3) is 5.57 Å². The van der Waals surface area contributed by atoms with Crippen molar-refractivity contribution in [2.45, 2.75) is 13.8 Å². The second kappa shape index (κ2) is 8.50. The highest BCUT2D eigenvalue weighted by Crippen LogP contribution is 2.35. The van der Waals surface area contributed by atoms with E-state index >= 15 is 0 Å². The van der Waals surface area contributed by atoms with Crippen LogP contribution in [0.5, 0.6) is 0 Å². The molecule has 166 valence electrons. The van der Waals surface area contributed by atoms with Crippen molar-refractivity contribution >= 4 is 29.0 Å². The third kappa shape index (κ3) is 3.75. The predicted molar refractivity (Wildman–Crippen MR) is 128 cm³/mol. The van der Waals surface area contributed by atoms with E-state index < -0.39 is 0 Å². The topological polar surface area (TPSA) is 69.6 Å². The van der Waals surface area contributed by atoms with Gasteiger partial charge in [-0.25, -0.2) is 14.9 Å². The van der Waals surface area contributed by atoms with E-state index in [-0.39, 0.29) is 11.8 Å². The molecular formula is C26H25N5O2. The van der Waals surface area contributed by atoms with Gasteiger partial charge in [-0.15, -0.1) is 0 Å². The molecule has 7 heteroatoms. The highest BCUT2D eigenvalue weighted by atomic mass is 16.2. The summed E-state index contributed by atoms with van der Waals surface area (Å²) in [6.07, 6.45) is 3.46. The van der Waals surface area contributed by atoms with Crippen LogP contribution in [0.3, 0.4) is 0 Å². The van der Waals surface area contributed by atoms with E-state index in [1.54, 1.807) is 18.5 Å². The van der Waals surface area contributed by atoms with E-state index in [2.05, 4.69) is 14.9 Å². The Morgan fingerprint density at radius 2 is 1.39 bits per heavy atom. The molecule has 0 radical (unpaired) electrons. The Balaban J connectivity index is 1.50. The molecular weight excluding hydrogens is 414 g/mol. The number of rotatable bonds is 4. The van der Waals surface area contributed by atoms with Gasteiger partial charge in [0.15, 0.2) is 0 Å². The van der Waals surface area contributed by atoms with Gasteiger partial charge < -0.3 is 9.80 Å². The number of imide groups is 1. The number of benzene rings is 2. The number of carbonyl (C=O) groups excluding carboxylic acids is 2. The smallest absolute Gasteiger partial charge is 0.282 e. The number of nitrogens with zero attached hydrogens (tertiary/aromatic N) is 5. The molecule has 5 rings (SSSR count). The Labute approximate surface area is 193 Å². The Hall–Kier alpha value is -4.00. The number of piperazine rings is 1. The lowest BCUT2D eigenvalue weighted by molar-refractivity contribution is -0.120. The zero-order valence-electron chi connectivity index (χ0n) is 18.7. The number of aryl methyl sites for hydroxylation is 2. The van der Waals surface area contributed by atoms with Crippen LogP contribution in [-0.4, -0.2) is 52.9 Å². The molecule has 2 aromatic carbocycles. The molecule has 2 aliphatic heterocycles. The van der Waals surface area contributed by atoms with Gasteiger partial charge in [0.25, 0.3) is 11.8 Å². The second-order valence-electron chi connectivity index (χ2n) is 8.33. The Bertz CT molecular complexity index is 1230. The van der Waals surface area contributed by atoms with Crippen molar-refractivity contribution < 1.29 is 9.59 Å². The molecule has 0 spiro atoms. The summed E-state index contributed by atoms with van der Waals surface area (Å²) in [6, 6.07) is 16.9. The summed E-state index contributed by atoms with van der Waals surface area (Å²) in [5.74, 6) is 0.129. The first-order valence-electron chi connectivity index (χ1n) is 11.1. The molecule has 0 aliphatic carbocycles. The average Bonchev–Trinajstić information content (AvgIpc) is 3.12. The van der Waals surface area contributed by atoms with Gasteiger partial charge in [0.05, 0.1) is 11.3 Å². The minimum atomic E-state index is -0.279. The van der Waals surface area contributed by atoms with E-state index in [1.165, 1.54) is 4.90 Å². The van der Waals surface area contributed by atoms with Crippen LogP contribution in [0.1, 0.15) is 16.7 Å². The van der Waals surface area contributed by atoms with Crippen LogP contribution < -0.4 is 9.80 Å². The number of aromatic nitrogens is 2. The number of hydrogen-bond donors (Lipinski definition) is 0. The first kappa shape index (κ1) is 20.9. The van der Waals surface area contributed by atoms with E-state index in [9.17, 15) is 9.59 Å². The maximum absolute atomic E-state index is 13.7. The lowest BCUT2D eigenvalue weighted by Crippen LogP contribution is -2.48. The molecule has 0 unspecified atom stereocenters. The van der Waals surface area contributed by atoms with Gasteiger partial charge in [-0.1, -0.05) is 36.4 Å². The maximum Gasteiger partial charge on any atom is 0.282 e. The largest absolute Gasteiger partial charge is 0.363 e. The standard InChI is InChI=1S/C26H25N5O2/c1-18-9-10-21(17-19(18)2)31-24(32)22(20-7-4-3-5-8-20)23(25(31)33)29-13-15-30(16-14-29)26-27-11-6-12-28-26/h3-12,17H,13-16H2,1-2H3. The zero-order chi connectivity index (χ0) is 22.9. The summed E-state index contributed by atoms with van der Waals surface area (Å²) < 4.78 is 0. The summed E-state index contributed by atoms with van der Waals surface area (Å²) in [5.41, 5.74) is 4.45. The lowest BCUT2D eigenvalue weighted by atomic mass is 10.0. The molecule has 1 saturated heterocycles. The predicted octanol–water partition coefficient (Wildman–Crippen LogP) is 3.20. The summed E-state index contributed by atoms with van der Waals surface area (Å²) in [6.45, 7) is 6.54. The number of amides is 2. The Morgan fingerprint density at radius 3 is 2.06 bits per heavy atom. The molecule has 2 aliphatic rings. The highest BCUT2D eigenvalue weighted by Gasteiger charge is 2.43. The van der Waals surface area contributed by atoms with Crippen molar-refractivity contribution in [3.63, 3.8) is 0 Å². The fraction of sp³-hybridized carbons (Fsp3) is 0.231. The summed E-state index contributed by atoms with van der Waals surface area (Å²) >= 11 is 0. The molecule has 0 atom stereocenters. The van der Waals surface area contributed by atoms with Crippen molar-refractivity contribution in [3.05, 3.63) is 89.4 Å². The van der Waals surface area contributed by atoms with E-state index in [0.717, 1.165) is 16.7 Å². The average molecular weight is 440 g/mol. The van der Waals surface area contributed by atoms with Crippen molar-refractivity contribution in [2.75, 3.05) is 36.0 Å². The number of carbonyl (C=O) groups is 2. The van der Waals surface area contributed by atoms with E-state index in [4.69, 9.17) is 0 Å². The number of anilines is 2. The highest BCUT2D eigenvalue weighted by molar-refractivity contribution is 6.45. The van der Waals surface area contributed by atoms with Crippen LogP contribution in [-0.2, 0) is 9.59 Å². The minimum absolute atomic E-state index is 0.272. The van der Waals surface area contributed by atoms with Gasteiger partial charge in [0, 0.05) is 38.6 Å². The summed E-state index contributed by atoms with van der Waals surface area (Å²) in [4.78, 5) is 41.5. The third-order valence-electron chi connectivity index (χ3n) is 6.30. The molecule has 1 aromatic heterocycles. The van der Waals surface area contributed by atoms with Gasteiger partial charge in [-0.05, 0) is 48.7 Å². The first-order chi connectivity index (χ1) is 16.0. The maximum atomic E-state index is 13.7. The quantitative estimate of drug-likeness (QED) is 0.582. The van der Waals surface area contributed by atoms with Gasteiger partial charge in [0.2, 0.25) is 5.95 Å². The molecule has 3 aromatic rings. The van der Waals surface area contributed by atoms with Crippen LogP contribution >= 0.6 is 0 Å². The fourth-order valence-corrected chi connectivity index (χ4v) is 4.36.